The fourth-order valence-corrected chi connectivity index (χ4v) is 4.35. The molecule has 0 bridgehead atoms. The molecule has 2 rings (SSSR count). The molecule has 0 aliphatic carbocycles. The molecule has 124 valence electrons. The SMILES string of the molecule is C=C(NCC(CC)CCCC)c1ccc(-c2ccc(C=O)s2)s1. The lowest BCUT2D eigenvalue weighted by atomic mass is 9.99. The lowest BCUT2D eigenvalue weighted by Gasteiger charge is -2.16. The van der Waals surface area contributed by atoms with Gasteiger partial charge in [0, 0.05) is 22.0 Å². The van der Waals surface area contributed by atoms with Crippen molar-refractivity contribution in [2.75, 3.05) is 6.54 Å². The number of hydrogen-bond donors (Lipinski definition) is 1. The maximum atomic E-state index is 10.8. The number of hydrogen-bond acceptors (Lipinski definition) is 4. The molecule has 0 aliphatic rings. The summed E-state index contributed by atoms with van der Waals surface area (Å²) >= 11 is 3.26. The van der Waals surface area contributed by atoms with Gasteiger partial charge in [0.25, 0.3) is 0 Å². The average molecular weight is 348 g/mol. The molecule has 1 unspecified atom stereocenters. The molecule has 2 aromatic heterocycles. The van der Waals surface area contributed by atoms with Gasteiger partial charge in [-0.25, -0.2) is 0 Å². The highest BCUT2D eigenvalue weighted by Gasteiger charge is 2.10. The zero-order valence-electron chi connectivity index (χ0n) is 13.9. The summed E-state index contributed by atoms with van der Waals surface area (Å²) in [6.45, 7) is 9.69. The van der Waals surface area contributed by atoms with Crippen molar-refractivity contribution in [2.24, 2.45) is 5.92 Å². The van der Waals surface area contributed by atoms with Crippen LogP contribution in [-0.4, -0.2) is 12.8 Å². The van der Waals surface area contributed by atoms with Crippen LogP contribution < -0.4 is 5.32 Å². The summed E-state index contributed by atoms with van der Waals surface area (Å²) < 4.78 is 0. The normalized spacial score (nSPS) is 12.1. The zero-order chi connectivity index (χ0) is 16.7. The summed E-state index contributed by atoms with van der Waals surface area (Å²) in [7, 11) is 0. The van der Waals surface area contributed by atoms with Crippen molar-refractivity contribution in [2.45, 2.75) is 39.5 Å². The predicted octanol–water partition coefficient (Wildman–Crippen LogP) is 6.07. The molecule has 2 nitrogen and oxygen atoms in total. The first kappa shape index (κ1) is 18.0. The van der Waals surface area contributed by atoms with E-state index in [9.17, 15) is 4.79 Å². The monoisotopic (exact) mass is 347 g/mol. The van der Waals surface area contributed by atoms with E-state index in [4.69, 9.17) is 0 Å². The molecular formula is C19H25NOS2. The van der Waals surface area contributed by atoms with Crippen LogP contribution in [0.5, 0.6) is 0 Å². The van der Waals surface area contributed by atoms with E-state index in [2.05, 4.69) is 37.9 Å². The Morgan fingerprint density at radius 3 is 2.61 bits per heavy atom. The minimum atomic E-state index is 0.721. The molecule has 0 amide bonds. The van der Waals surface area contributed by atoms with Crippen LogP contribution in [-0.2, 0) is 0 Å². The molecule has 0 radical (unpaired) electrons. The summed E-state index contributed by atoms with van der Waals surface area (Å²) in [6, 6.07) is 8.11. The second-order valence-corrected chi connectivity index (χ2v) is 7.96. The molecule has 0 aliphatic heterocycles. The smallest absolute Gasteiger partial charge is 0.160 e. The molecule has 0 saturated heterocycles. The van der Waals surface area contributed by atoms with Crippen LogP contribution in [0, 0.1) is 5.92 Å². The van der Waals surface area contributed by atoms with E-state index >= 15 is 0 Å². The standard InChI is InChI=1S/C19H25NOS2/c1-4-6-7-15(5-2)12-20-14(3)17-10-11-19(23-17)18-9-8-16(13-21)22-18/h8-11,13,15,20H,3-7,12H2,1-2H3. The second kappa shape index (κ2) is 9.04. The lowest BCUT2D eigenvalue weighted by Crippen LogP contribution is -2.20. The van der Waals surface area contributed by atoms with Crippen LogP contribution >= 0.6 is 22.7 Å². The number of thiophene rings is 2. The van der Waals surface area contributed by atoms with Gasteiger partial charge in [-0.2, -0.15) is 0 Å². The van der Waals surface area contributed by atoms with Gasteiger partial charge in [-0.3, -0.25) is 4.79 Å². The topological polar surface area (TPSA) is 29.1 Å². The van der Waals surface area contributed by atoms with Gasteiger partial charge in [-0.1, -0.05) is 39.7 Å². The van der Waals surface area contributed by atoms with Crippen molar-refractivity contribution < 1.29 is 4.79 Å². The number of rotatable bonds is 10. The molecule has 2 heterocycles. The molecule has 1 N–H and O–H groups in total. The van der Waals surface area contributed by atoms with Gasteiger partial charge in [-0.15, -0.1) is 22.7 Å². The maximum Gasteiger partial charge on any atom is 0.160 e. The zero-order valence-corrected chi connectivity index (χ0v) is 15.6. The van der Waals surface area contributed by atoms with E-state index < -0.39 is 0 Å². The van der Waals surface area contributed by atoms with Crippen LogP contribution in [0.1, 0.15) is 54.1 Å². The van der Waals surface area contributed by atoms with Gasteiger partial charge < -0.3 is 5.32 Å². The van der Waals surface area contributed by atoms with Crippen LogP contribution in [0.25, 0.3) is 15.5 Å². The number of carbonyl (C=O) groups is 1. The Balaban J connectivity index is 1.94. The number of unbranched alkanes of at least 4 members (excludes halogenated alkanes) is 1. The Kier molecular flexibility index (Phi) is 7.06. The first-order valence-corrected chi connectivity index (χ1v) is 9.89. The first-order valence-electron chi connectivity index (χ1n) is 8.26. The average Bonchev–Trinajstić information content (AvgIpc) is 3.23. The van der Waals surface area contributed by atoms with Gasteiger partial charge >= 0.3 is 0 Å². The van der Waals surface area contributed by atoms with Gasteiger partial charge in [0.05, 0.1) is 9.75 Å². The molecule has 23 heavy (non-hydrogen) atoms. The Labute approximate surface area is 147 Å². The third-order valence-electron chi connectivity index (χ3n) is 4.04. The molecule has 2 aromatic rings. The van der Waals surface area contributed by atoms with E-state index in [1.165, 1.54) is 46.8 Å². The molecule has 0 aromatic carbocycles. The van der Waals surface area contributed by atoms with Crippen molar-refractivity contribution in [3.8, 4) is 9.75 Å². The van der Waals surface area contributed by atoms with Crippen molar-refractivity contribution in [1.82, 2.24) is 5.32 Å². The third kappa shape index (κ3) is 5.05. The van der Waals surface area contributed by atoms with E-state index in [0.717, 1.165) is 34.2 Å². The fraction of sp³-hybridized carbons (Fsp3) is 0.421. The lowest BCUT2D eigenvalue weighted by molar-refractivity contribution is 0.112. The van der Waals surface area contributed by atoms with E-state index in [1.54, 1.807) is 11.3 Å². The Morgan fingerprint density at radius 1 is 1.22 bits per heavy atom. The third-order valence-corrected chi connectivity index (χ3v) is 6.39. The summed E-state index contributed by atoms with van der Waals surface area (Å²) in [4.78, 5) is 15.1. The minimum Gasteiger partial charge on any atom is -0.384 e. The number of aldehydes is 1. The van der Waals surface area contributed by atoms with E-state index in [0.29, 0.717) is 0 Å². The highest BCUT2D eigenvalue weighted by atomic mass is 32.1. The molecular weight excluding hydrogens is 322 g/mol. The quantitative estimate of drug-likeness (QED) is 0.529. The minimum absolute atomic E-state index is 0.721. The van der Waals surface area contributed by atoms with Crippen LogP contribution in [0.15, 0.2) is 30.8 Å². The largest absolute Gasteiger partial charge is 0.384 e. The molecule has 0 saturated carbocycles. The Morgan fingerprint density at radius 2 is 1.96 bits per heavy atom. The number of carbonyl (C=O) groups excluding carboxylic acids is 1. The summed E-state index contributed by atoms with van der Waals surface area (Å²) in [5.74, 6) is 0.721. The van der Waals surface area contributed by atoms with Crippen molar-refractivity contribution in [1.29, 1.82) is 0 Å². The van der Waals surface area contributed by atoms with Gasteiger partial charge in [0.2, 0.25) is 0 Å². The van der Waals surface area contributed by atoms with Gasteiger partial charge in [-0.05, 0) is 36.6 Å². The summed E-state index contributed by atoms with van der Waals surface area (Å²) in [5.41, 5.74) is 1.00. The van der Waals surface area contributed by atoms with Crippen molar-refractivity contribution >= 4 is 34.7 Å². The highest BCUT2D eigenvalue weighted by molar-refractivity contribution is 7.23. The van der Waals surface area contributed by atoms with E-state index in [-0.39, 0.29) is 0 Å². The fourth-order valence-electron chi connectivity index (χ4n) is 2.48. The molecule has 0 fully saturated rings. The second-order valence-electron chi connectivity index (χ2n) is 5.76. The maximum absolute atomic E-state index is 10.8. The predicted molar refractivity (Wildman–Crippen MR) is 103 cm³/mol. The Hall–Kier alpha value is -1.39. The first-order chi connectivity index (χ1) is 11.2. The molecule has 0 spiro atoms. The highest BCUT2D eigenvalue weighted by Crippen LogP contribution is 2.34. The summed E-state index contributed by atoms with van der Waals surface area (Å²) in [5, 5.41) is 3.50. The molecule has 4 heteroatoms. The van der Waals surface area contributed by atoms with Crippen LogP contribution in [0.2, 0.25) is 0 Å². The molecule has 1 atom stereocenters. The van der Waals surface area contributed by atoms with Gasteiger partial charge in [0.1, 0.15) is 0 Å². The Bertz CT molecular complexity index is 641. The van der Waals surface area contributed by atoms with E-state index in [1.807, 2.05) is 12.1 Å². The van der Waals surface area contributed by atoms with Crippen molar-refractivity contribution in [3.63, 3.8) is 0 Å². The van der Waals surface area contributed by atoms with Gasteiger partial charge in [0.15, 0.2) is 6.29 Å². The van der Waals surface area contributed by atoms with Crippen LogP contribution in [0.4, 0.5) is 0 Å². The van der Waals surface area contributed by atoms with Crippen LogP contribution in [0.3, 0.4) is 0 Å². The number of nitrogens with one attached hydrogen (secondary N) is 1. The summed E-state index contributed by atoms with van der Waals surface area (Å²) in [6.07, 6.45) is 5.96. The van der Waals surface area contributed by atoms with Crippen molar-refractivity contribution in [3.05, 3.63) is 40.6 Å².